The molecule has 1 amide bonds. The molecular formula is C38H50F5N4O15P. The first-order chi connectivity index (χ1) is 30.0. The van der Waals surface area contributed by atoms with E-state index in [9.17, 15) is 51.4 Å². The van der Waals surface area contributed by atoms with Crippen LogP contribution in [0.3, 0.4) is 0 Å². The average Bonchev–Trinajstić information content (AvgIpc) is 3.71. The van der Waals surface area contributed by atoms with Crippen molar-refractivity contribution in [3.63, 3.8) is 0 Å². The molecule has 1 fully saturated rings. The Bertz CT molecular complexity index is 1920. The molecule has 19 nitrogen and oxygen atoms in total. The quantitative estimate of drug-likeness (QED) is 0.0116. The maximum atomic E-state index is 13.6. The van der Waals surface area contributed by atoms with E-state index in [0.29, 0.717) is 44.9 Å². The smallest absolute Gasteiger partial charge is 0.325 e. The highest BCUT2D eigenvalue weighted by Gasteiger charge is 2.45. The Morgan fingerprint density at radius 1 is 0.746 bits per heavy atom. The van der Waals surface area contributed by atoms with Crippen molar-refractivity contribution < 1.29 is 94.4 Å². The minimum Gasteiger partial charge on any atom is -0.462 e. The number of benzene rings is 2. The van der Waals surface area contributed by atoms with Crippen LogP contribution >= 0.6 is 7.60 Å². The van der Waals surface area contributed by atoms with Crippen molar-refractivity contribution in [2.24, 2.45) is 0 Å². The lowest BCUT2D eigenvalue weighted by Crippen LogP contribution is -2.59. The first-order valence-corrected chi connectivity index (χ1v) is 21.6. The highest BCUT2D eigenvalue weighted by atomic mass is 31.2. The van der Waals surface area contributed by atoms with Gasteiger partial charge in [0.25, 0.3) is 0 Å². The summed E-state index contributed by atoms with van der Waals surface area (Å²) in [6, 6.07) is 6.14. The molecule has 5 atom stereocenters. The minimum absolute atomic E-state index is 0.0486. The Kier molecular flexibility index (Phi) is 21.2. The van der Waals surface area contributed by atoms with Crippen molar-refractivity contribution in [2.45, 2.75) is 82.2 Å². The van der Waals surface area contributed by atoms with Crippen LogP contribution in [0.5, 0.6) is 11.5 Å². The number of amides is 1. The average molecular weight is 929 g/mol. The van der Waals surface area contributed by atoms with Crippen LogP contribution in [-0.2, 0) is 50.8 Å². The van der Waals surface area contributed by atoms with Gasteiger partial charge >= 0.3 is 13.6 Å². The fraction of sp³-hybridized carbons (Fsp3) is 0.579. The topological polar surface area (TPSA) is 260 Å². The van der Waals surface area contributed by atoms with E-state index in [2.05, 4.69) is 20.4 Å². The van der Waals surface area contributed by atoms with Gasteiger partial charge in [0.05, 0.1) is 83.8 Å². The second kappa shape index (κ2) is 25.9. The van der Waals surface area contributed by atoms with Gasteiger partial charge in [0.2, 0.25) is 47.0 Å². The Balaban J connectivity index is 0.955. The van der Waals surface area contributed by atoms with Gasteiger partial charge in [0, 0.05) is 18.3 Å². The third-order valence-electron chi connectivity index (χ3n) is 9.10. The lowest BCUT2D eigenvalue weighted by molar-refractivity contribution is -0.272. The number of unbranched alkanes of at least 4 members (excludes halogenated alkanes) is 2. The number of ether oxygens (including phenoxy) is 7. The van der Waals surface area contributed by atoms with E-state index in [1.165, 1.54) is 12.1 Å². The summed E-state index contributed by atoms with van der Waals surface area (Å²) < 4.78 is 116. The maximum absolute atomic E-state index is 13.6. The van der Waals surface area contributed by atoms with Gasteiger partial charge < -0.3 is 63.6 Å². The van der Waals surface area contributed by atoms with E-state index in [4.69, 9.17) is 38.2 Å². The number of aliphatic hydroxyl groups excluding tert-OH is 3. The van der Waals surface area contributed by atoms with Gasteiger partial charge in [0.15, 0.2) is 0 Å². The molecule has 25 heteroatoms. The number of aromatic nitrogens is 3. The number of aryl methyl sites for hydroxylation is 1. The van der Waals surface area contributed by atoms with Crippen LogP contribution < -0.4 is 14.8 Å². The standard InChI is InChI=1S/C38H50F5N4O15P/c39-29-30(40)32(42)37(33(43)31(29)41)62-28(49)10-13-56-15-17-58-19-20-59-18-16-57-14-12-47-22-24(45-46-47)4-2-1-3-5-27(48)44-23-6-8-25(9-7-23)60-38-36(52)35(51)34(50)26(61-38)11-21-63(53,54)55/h6-9,22,26,34-36,38,50-52H,1-5,10-21H2,(H,44,48)(H2,53,54,55)/t26-,34-,35+,36+,38+/m1/s1. The first-order valence-electron chi connectivity index (χ1n) is 19.8. The summed E-state index contributed by atoms with van der Waals surface area (Å²) in [7, 11) is -4.39. The summed E-state index contributed by atoms with van der Waals surface area (Å²) in [5, 5.41) is 41.7. The van der Waals surface area contributed by atoms with Gasteiger partial charge in [-0.15, -0.1) is 5.10 Å². The van der Waals surface area contributed by atoms with Gasteiger partial charge in [-0.1, -0.05) is 11.6 Å². The lowest BCUT2D eigenvalue weighted by atomic mass is 9.97. The number of nitrogens with zero attached hydrogens (tertiary/aromatic N) is 3. The predicted octanol–water partition coefficient (Wildman–Crippen LogP) is 2.53. The van der Waals surface area contributed by atoms with Crippen LogP contribution in [0.2, 0.25) is 0 Å². The van der Waals surface area contributed by atoms with Crippen LogP contribution in [0.15, 0.2) is 30.5 Å². The zero-order valence-corrected chi connectivity index (χ0v) is 34.7. The first kappa shape index (κ1) is 51.4. The van der Waals surface area contributed by atoms with Gasteiger partial charge in [-0.3, -0.25) is 14.2 Å². The van der Waals surface area contributed by atoms with Crippen LogP contribution in [0.25, 0.3) is 0 Å². The van der Waals surface area contributed by atoms with Gasteiger partial charge in [0.1, 0.15) is 24.1 Å². The van der Waals surface area contributed by atoms with Crippen molar-refractivity contribution in [3.8, 4) is 11.5 Å². The summed E-state index contributed by atoms with van der Waals surface area (Å²) in [5.74, 6) is -14.2. The van der Waals surface area contributed by atoms with Crippen LogP contribution in [0.1, 0.15) is 44.2 Å². The zero-order valence-electron chi connectivity index (χ0n) is 33.8. The number of nitrogens with one attached hydrogen (secondary N) is 1. The number of anilines is 1. The normalized spacial score (nSPS) is 19.0. The van der Waals surface area contributed by atoms with Crippen molar-refractivity contribution in [1.82, 2.24) is 15.0 Å². The Morgan fingerprint density at radius 2 is 1.33 bits per heavy atom. The van der Waals surface area contributed by atoms with Gasteiger partial charge in [-0.25, -0.2) is 17.9 Å². The summed E-state index contributed by atoms with van der Waals surface area (Å²) in [6.45, 7) is 1.91. The molecule has 63 heavy (non-hydrogen) atoms. The molecule has 0 spiro atoms. The highest BCUT2D eigenvalue weighted by Crippen LogP contribution is 2.37. The molecule has 2 aromatic carbocycles. The fourth-order valence-electron chi connectivity index (χ4n) is 5.77. The molecule has 4 rings (SSSR count). The van der Waals surface area contributed by atoms with Gasteiger partial charge in [-0.2, -0.15) is 8.78 Å². The molecule has 1 aliphatic heterocycles. The molecule has 0 saturated carbocycles. The van der Waals surface area contributed by atoms with Gasteiger partial charge in [-0.05, 0) is 49.9 Å². The highest BCUT2D eigenvalue weighted by molar-refractivity contribution is 7.51. The van der Waals surface area contributed by atoms with Crippen LogP contribution in [0.4, 0.5) is 27.6 Å². The number of hydrogen-bond donors (Lipinski definition) is 6. The Labute approximate surface area is 357 Å². The van der Waals surface area contributed by atoms with E-state index in [1.807, 2.05) is 6.20 Å². The van der Waals surface area contributed by atoms with Crippen LogP contribution in [0, 0.1) is 29.1 Å². The van der Waals surface area contributed by atoms with Crippen molar-refractivity contribution in [2.75, 3.05) is 64.3 Å². The number of aliphatic hydroxyl groups is 3. The molecule has 1 saturated heterocycles. The minimum atomic E-state index is -4.39. The fourth-order valence-corrected chi connectivity index (χ4v) is 6.36. The summed E-state index contributed by atoms with van der Waals surface area (Å²) >= 11 is 0. The van der Waals surface area contributed by atoms with E-state index >= 15 is 0 Å². The molecule has 6 N–H and O–H groups in total. The number of carbonyl (C=O) groups excluding carboxylic acids is 2. The monoisotopic (exact) mass is 928 g/mol. The molecule has 352 valence electrons. The van der Waals surface area contributed by atoms with E-state index in [0.717, 1.165) is 18.5 Å². The maximum Gasteiger partial charge on any atom is 0.325 e. The molecule has 1 aliphatic rings. The number of halogens is 5. The van der Waals surface area contributed by atoms with E-state index in [1.54, 1.807) is 16.8 Å². The third-order valence-corrected chi connectivity index (χ3v) is 9.94. The molecule has 0 radical (unpaired) electrons. The summed E-state index contributed by atoms with van der Waals surface area (Å²) in [4.78, 5) is 42.4. The largest absolute Gasteiger partial charge is 0.462 e. The van der Waals surface area contributed by atoms with E-state index in [-0.39, 0.29) is 57.5 Å². The molecule has 3 aromatic rings. The predicted molar refractivity (Wildman–Crippen MR) is 206 cm³/mol. The SMILES string of the molecule is O=C(CCCCCc1cn(CCOCCOCCOCCOCCC(=O)Oc2c(F)c(F)c(F)c(F)c2F)nn1)Nc1ccc(O[C@H]2O[C@H](CCP(=O)(O)O)[C@@H](O)[C@H](O)[C@@H]2O)cc1. The number of esters is 1. The second-order valence-corrected chi connectivity index (χ2v) is 15.8. The Morgan fingerprint density at radius 3 is 1.95 bits per heavy atom. The lowest BCUT2D eigenvalue weighted by Gasteiger charge is -2.40. The van der Waals surface area contributed by atoms with E-state index < -0.39 is 91.7 Å². The molecule has 2 heterocycles. The number of hydrogen-bond acceptors (Lipinski definition) is 15. The second-order valence-electron chi connectivity index (χ2n) is 14.0. The third kappa shape index (κ3) is 17.4. The number of carbonyl (C=O) groups is 2. The molecule has 0 bridgehead atoms. The number of rotatable bonds is 28. The molecule has 0 aliphatic carbocycles. The summed E-state index contributed by atoms with van der Waals surface area (Å²) in [6.07, 6.45) is -3.87. The van der Waals surface area contributed by atoms with Crippen molar-refractivity contribution >= 4 is 25.2 Å². The zero-order chi connectivity index (χ0) is 45.9. The van der Waals surface area contributed by atoms with Crippen molar-refractivity contribution in [3.05, 3.63) is 65.2 Å². The molecular weight excluding hydrogens is 878 g/mol. The van der Waals surface area contributed by atoms with Crippen molar-refractivity contribution in [1.29, 1.82) is 0 Å². The van der Waals surface area contributed by atoms with Crippen LogP contribution in [-0.4, -0.2) is 142 Å². The Hall–Kier alpha value is -4.20. The summed E-state index contributed by atoms with van der Waals surface area (Å²) in [5.41, 5.74) is 1.29. The molecule has 0 unspecified atom stereocenters. The molecule has 1 aromatic heterocycles.